The van der Waals surface area contributed by atoms with E-state index in [4.69, 9.17) is 16.3 Å². The normalized spacial score (nSPS) is 35.6. The molecule has 2 saturated heterocycles. The van der Waals surface area contributed by atoms with Crippen molar-refractivity contribution in [2.45, 2.75) is 18.6 Å². The third-order valence-electron chi connectivity index (χ3n) is 4.81. The lowest BCUT2D eigenvalue weighted by Crippen LogP contribution is -2.43. The monoisotopic (exact) mass is 319 g/mol. The Morgan fingerprint density at radius 1 is 1.36 bits per heavy atom. The van der Waals surface area contributed by atoms with E-state index in [1.54, 1.807) is 30.4 Å². The van der Waals surface area contributed by atoms with E-state index in [1.165, 1.54) is 4.90 Å². The number of imide groups is 1. The van der Waals surface area contributed by atoms with E-state index < -0.39 is 23.5 Å². The van der Waals surface area contributed by atoms with Crippen molar-refractivity contribution in [1.82, 2.24) is 0 Å². The maximum Gasteiger partial charge on any atom is 0.241 e. The van der Waals surface area contributed by atoms with Gasteiger partial charge in [0.25, 0.3) is 0 Å². The maximum atomic E-state index is 12.9. The molecule has 3 aliphatic rings. The predicted molar refractivity (Wildman–Crippen MR) is 79.5 cm³/mol. The lowest BCUT2D eigenvalue weighted by atomic mass is 9.77. The molecular formula is C16H14ClNO4. The summed E-state index contributed by atoms with van der Waals surface area (Å²) in [6, 6.07) is 5.11. The number of ether oxygens (including phenoxy) is 1. The summed E-state index contributed by atoms with van der Waals surface area (Å²) in [6.45, 7) is 1.51. The van der Waals surface area contributed by atoms with E-state index in [-0.39, 0.29) is 18.4 Å². The first-order valence-corrected chi connectivity index (χ1v) is 7.48. The number of carbonyl (C=O) groups excluding carboxylic acids is 2. The molecule has 0 spiro atoms. The van der Waals surface area contributed by atoms with Crippen molar-refractivity contribution in [2.75, 3.05) is 11.5 Å². The largest absolute Gasteiger partial charge is 0.393 e. The fourth-order valence-corrected chi connectivity index (χ4v) is 3.91. The Hall–Kier alpha value is -1.69. The molecule has 2 bridgehead atoms. The van der Waals surface area contributed by atoms with E-state index in [9.17, 15) is 14.7 Å². The van der Waals surface area contributed by atoms with Crippen LogP contribution in [0.5, 0.6) is 0 Å². The molecule has 0 unspecified atom stereocenters. The quantitative estimate of drug-likeness (QED) is 0.662. The molecule has 114 valence electrons. The van der Waals surface area contributed by atoms with Gasteiger partial charge in [0.05, 0.1) is 30.2 Å². The van der Waals surface area contributed by atoms with Gasteiger partial charge in [-0.25, -0.2) is 4.90 Å². The molecule has 22 heavy (non-hydrogen) atoms. The maximum absolute atomic E-state index is 12.9. The fraction of sp³-hybridized carbons (Fsp3) is 0.375. The lowest BCUT2D eigenvalue weighted by molar-refractivity contribution is -0.128. The van der Waals surface area contributed by atoms with Crippen LogP contribution < -0.4 is 4.90 Å². The van der Waals surface area contributed by atoms with Crippen molar-refractivity contribution in [2.24, 2.45) is 11.8 Å². The topological polar surface area (TPSA) is 66.8 Å². The van der Waals surface area contributed by atoms with E-state index in [0.29, 0.717) is 10.7 Å². The Bertz CT molecular complexity index is 731. The standard InChI is InChI=1S/C16H14ClNO4/c1-8-2-3-9(17)6-10(8)18-14(20)12-11-4-5-16(7-19,22-11)13(12)15(18)21/h2-6,11-13,19H,7H2,1H3/t11-,12-,13+,16+/m0/s1. The van der Waals surface area contributed by atoms with Crippen LogP contribution >= 0.6 is 11.6 Å². The average molecular weight is 320 g/mol. The minimum absolute atomic E-state index is 0.287. The van der Waals surface area contributed by atoms with Gasteiger partial charge in [-0.2, -0.15) is 0 Å². The average Bonchev–Trinajstić information content (AvgIpc) is 3.14. The summed E-state index contributed by atoms with van der Waals surface area (Å²) in [5.74, 6) is -1.85. The van der Waals surface area contributed by atoms with Crippen LogP contribution in [0.15, 0.2) is 30.4 Å². The second kappa shape index (κ2) is 4.41. The number of nitrogens with zero attached hydrogens (tertiary/aromatic N) is 1. The number of anilines is 1. The van der Waals surface area contributed by atoms with Crippen LogP contribution in [-0.2, 0) is 14.3 Å². The van der Waals surface area contributed by atoms with Gasteiger partial charge in [0, 0.05) is 5.02 Å². The molecule has 0 aromatic heterocycles. The summed E-state index contributed by atoms with van der Waals surface area (Å²) in [5, 5.41) is 10.1. The summed E-state index contributed by atoms with van der Waals surface area (Å²) >= 11 is 6.01. The molecule has 0 saturated carbocycles. The van der Waals surface area contributed by atoms with Crippen LogP contribution in [0.1, 0.15) is 5.56 Å². The Morgan fingerprint density at radius 3 is 2.86 bits per heavy atom. The van der Waals surface area contributed by atoms with Crippen molar-refractivity contribution < 1.29 is 19.4 Å². The van der Waals surface area contributed by atoms with Crippen molar-refractivity contribution in [3.63, 3.8) is 0 Å². The van der Waals surface area contributed by atoms with E-state index >= 15 is 0 Å². The number of fused-ring (bicyclic) bond motifs is 5. The number of aliphatic hydroxyl groups excluding tert-OH is 1. The van der Waals surface area contributed by atoms with E-state index in [2.05, 4.69) is 0 Å². The van der Waals surface area contributed by atoms with Gasteiger partial charge in [0.15, 0.2) is 0 Å². The van der Waals surface area contributed by atoms with Crippen molar-refractivity contribution >= 4 is 29.1 Å². The molecule has 4 atom stereocenters. The van der Waals surface area contributed by atoms with Crippen molar-refractivity contribution in [3.05, 3.63) is 40.9 Å². The first-order chi connectivity index (χ1) is 10.5. The van der Waals surface area contributed by atoms with E-state index in [0.717, 1.165) is 5.56 Å². The van der Waals surface area contributed by atoms with Crippen molar-refractivity contribution in [1.29, 1.82) is 0 Å². The molecule has 6 heteroatoms. The number of benzene rings is 1. The van der Waals surface area contributed by atoms with Gasteiger partial charge < -0.3 is 9.84 Å². The highest BCUT2D eigenvalue weighted by Gasteiger charge is 2.67. The second-order valence-electron chi connectivity index (χ2n) is 6.00. The van der Waals surface area contributed by atoms with Crippen LogP contribution in [0.25, 0.3) is 0 Å². The van der Waals surface area contributed by atoms with Crippen LogP contribution in [0.4, 0.5) is 5.69 Å². The lowest BCUT2D eigenvalue weighted by Gasteiger charge is -2.26. The van der Waals surface area contributed by atoms with Gasteiger partial charge in [-0.15, -0.1) is 0 Å². The van der Waals surface area contributed by atoms with Gasteiger partial charge in [-0.05, 0) is 24.6 Å². The smallest absolute Gasteiger partial charge is 0.241 e. The molecule has 4 rings (SSSR count). The van der Waals surface area contributed by atoms with E-state index in [1.807, 2.05) is 6.92 Å². The Kier molecular flexibility index (Phi) is 2.79. The number of hydrogen-bond donors (Lipinski definition) is 1. The van der Waals surface area contributed by atoms with Gasteiger partial charge >= 0.3 is 0 Å². The second-order valence-corrected chi connectivity index (χ2v) is 6.44. The van der Waals surface area contributed by atoms with Gasteiger partial charge in [0.2, 0.25) is 11.8 Å². The van der Waals surface area contributed by atoms with Crippen LogP contribution in [-0.4, -0.2) is 35.2 Å². The highest BCUT2D eigenvalue weighted by atomic mass is 35.5. The zero-order valence-electron chi connectivity index (χ0n) is 11.8. The first-order valence-electron chi connectivity index (χ1n) is 7.10. The summed E-state index contributed by atoms with van der Waals surface area (Å²) in [7, 11) is 0. The molecule has 1 aromatic carbocycles. The molecular weight excluding hydrogens is 306 g/mol. The SMILES string of the molecule is Cc1ccc(Cl)cc1N1C(=O)[C@H]2[C@@H]3C=C[C@](CO)(O3)[C@H]2C1=O. The van der Waals surface area contributed by atoms with Crippen LogP contribution in [0, 0.1) is 18.8 Å². The highest BCUT2D eigenvalue weighted by molar-refractivity contribution is 6.31. The fourth-order valence-electron chi connectivity index (χ4n) is 3.74. The van der Waals surface area contributed by atoms with Gasteiger partial charge in [0.1, 0.15) is 5.60 Å². The molecule has 3 aliphatic heterocycles. The highest BCUT2D eigenvalue weighted by Crippen LogP contribution is 2.52. The Morgan fingerprint density at radius 2 is 2.14 bits per heavy atom. The molecule has 2 fully saturated rings. The third kappa shape index (κ3) is 1.56. The minimum Gasteiger partial charge on any atom is -0.393 e. The molecule has 1 N–H and O–H groups in total. The zero-order valence-corrected chi connectivity index (χ0v) is 12.6. The molecule has 0 radical (unpaired) electrons. The molecule has 3 heterocycles. The third-order valence-corrected chi connectivity index (χ3v) is 5.05. The van der Waals surface area contributed by atoms with Crippen LogP contribution in [0.3, 0.4) is 0 Å². The first kappa shape index (κ1) is 13.9. The summed E-state index contributed by atoms with van der Waals surface area (Å²) in [4.78, 5) is 26.8. The minimum atomic E-state index is -1.07. The Balaban J connectivity index is 1.81. The number of rotatable bonds is 2. The number of halogens is 1. The number of hydrogen-bond acceptors (Lipinski definition) is 4. The number of amides is 2. The van der Waals surface area contributed by atoms with Gasteiger partial charge in [-0.1, -0.05) is 29.8 Å². The molecule has 0 aliphatic carbocycles. The zero-order chi connectivity index (χ0) is 15.6. The molecule has 2 amide bonds. The summed E-state index contributed by atoms with van der Waals surface area (Å²) < 4.78 is 5.70. The number of aryl methyl sites for hydroxylation is 1. The number of aliphatic hydroxyl groups is 1. The molecule has 5 nitrogen and oxygen atoms in total. The van der Waals surface area contributed by atoms with Crippen LogP contribution in [0.2, 0.25) is 5.02 Å². The summed E-state index contributed by atoms with van der Waals surface area (Å²) in [6.07, 6.45) is 3.02. The van der Waals surface area contributed by atoms with Gasteiger partial charge in [-0.3, -0.25) is 9.59 Å². The predicted octanol–water partition coefficient (Wildman–Crippen LogP) is 1.45. The number of carbonyl (C=O) groups is 2. The Labute approximate surface area is 132 Å². The summed E-state index contributed by atoms with van der Waals surface area (Å²) in [5.41, 5.74) is 0.235. The molecule has 1 aromatic rings. The van der Waals surface area contributed by atoms with Crippen molar-refractivity contribution in [3.8, 4) is 0 Å².